The van der Waals surface area contributed by atoms with Crippen LogP contribution in [-0.4, -0.2) is 19.3 Å². The molecule has 1 fully saturated rings. The minimum atomic E-state index is -4.38. The fraction of sp³-hybridized carbons (Fsp3) is 0.333. The Morgan fingerprint density at radius 2 is 1.71 bits per heavy atom. The lowest BCUT2D eigenvalue weighted by molar-refractivity contribution is -0.152. The van der Waals surface area contributed by atoms with Crippen molar-refractivity contribution in [2.24, 2.45) is 0 Å². The van der Waals surface area contributed by atoms with Crippen LogP contribution < -0.4 is 5.32 Å². The third-order valence-electron chi connectivity index (χ3n) is 4.47. The molecule has 2 aliphatic heterocycles. The molecular formula is C18H16F3NO2. The summed E-state index contributed by atoms with van der Waals surface area (Å²) in [5.41, 5.74) is 1.50. The second-order valence-electron chi connectivity index (χ2n) is 5.96. The summed E-state index contributed by atoms with van der Waals surface area (Å²) in [5, 5.41) is 3.32. The highest BCUT2D eigenvalue weighted by molar-refractivity contribution is 5.59. The summed E-state index contributed by atoms with van der Waals surface area (Å²) in [4.78, 5) is 0. The zero-order valence-electron chi connectivity index (χ0n) is 12.7. The van der Waals surface area contributed by atoms with Gasteiger partial charge in [-0.05, 0) is 23.8 Å². The first-order chi connectivity index (χ1) is 11.5. The molecule has 0 aliphatic carbocycles. The highest BCUT2D eigenvalue weighted by atomic mass is 19.4. The van der Waals surface area contributed by atoms with Crippen LogP contribution >= 0.6 is 0 Å². The summed E-state index contributed by atoms with van der Waals surface area (Å²) in [5.74, 6) is 0. The van der Waals surface area contributed by atoms with Crippen molar-refractivity contribution in [3.63, 3.8) is 0 Å². The summed E-state index contributed by atoms with van der Waals surface area (Å²) in [6.07, 6.45) is -5.25. The molecule has 24 heavy (non-hydrogen) atoms. The molecule has 2 aromatic carbocycles. The van der Waals surface area contributed by atoms with Gasteiger partial charge >= 0.3 is 6.18 Å². The van der Waals surface area contributed by atoms with Crippen LogP contribution in [0.15, 0.2) is 48.5 Å². The van der Waals surface area contributed by atoms with Crippen LogP contribution in [0.25, 0.3) is 0 Å². The Morgan fingerprint density at radius 3 is 2.46 bits per heavy atom. The Labute approximate surface area is 137 Å². The molecule has 2 aliphatic rings. The second-order valence-corrected chi connectivity index (χ2v) is 5.96. The maximum absolute atomic E-state index is 13.0. The lowest BCUT2D eigenvalue weighted by atomic mass is 9.87. The van der Waals surface area contributed by atoms with Gasteiger partial charge in [0.25, 0.3) is 0 Å². The Balaban J connectivity index is 1.77. The highest BCUT2D eigenvalue weighted by Crippen LogP contribution is 2.45. The van der Waals surface area contributed by atoms with E-state index in [2.05, 4.69) is 5.32 Å². The maximum atomic E-state index is 13.0. The number of nitrogens with one attached hydrogen (secondary N) is 1. The van der Waals surface area contributed by atoms with Gasteiger partial charge in [0.1, 0.15) is 12.2 Å². The van der Waals surface area contributed by atoms with Crippen LogP contribution in [0.4, 0.5) is 18.9 Å². The minimum Gasteiger partial charge on any atom is -0.375 e. The summed E-state index contributed by atoms with van der Waals surface area (Å²) >= 11 is 0. The fourth-order valence-electron chi connectivity index (χ4n) is 3.37. The molecule has 3 atom stereocenters. The van der Waals surface area contributed by atoms with Gasteiger partial charge in [0.2, 0.25) is 0 Å². The summed E-state index contributed by atoms with van der Waals surface area (Å²) < 4.78 is 50.8. The molecule has 4 rings (SSSR count). The number of alkyl halides is 3. The SMILES string of the molecule is FC(F)(F)c1ccc2c(c1)[C@H]1OCCO[C@H]1C(c1ccccc1)N2. The molecule has 1 N–H and O–H groups in total. The van der Waals surface area contributed by atoms with Gasteiger partial charge in [-0.3, -0.25) is 0 Å². The molecule has 6 heteroatoms. The summed E-state index contributed by atoms with van der Waals surface area (Å²) in [6, 6.07) is 13.3. The standard InChI is InChI=1S/C18H16F3NO2/c19-18(20,21)12-6-7-14-13(10-12)16-17(24-9-8-23-16)15(22-14)11-4-2-1-3-5-11/h1-7,10,15-17,22H,8-9H2/t15?,16-,17+/m1/s1. The molecule has 3 nitrogen and oxygen atoms in total. The van der Waals surface area contributed by atoms with Gasteiger partial charge in [-0.15, -0.1) is 0 Å². The average molecular weight is 335 g/mol. The van der Waals surface area contributed by atoms with Crippen LogP contribution in [0.1, 0.15) is 28.8 Å². The van der Waals surface area contributed by atoms with Crippen molar-refractivity contribution in [3.8, 4) is 0 Å². The second kappa shape index (κ2) is 5.79. The van der Waals surface area contributed by atoms with E-state index < -0.39 is 17.8 Å². The van der Waals surface area contributed by atoms with Crippen molar-refractivity contribution in [2.75, 3.05) is 18.5 Å². The smallest absolute Gasteiger partial charge is 0.375 e. The lowest BCUT2D eigenvalue weighted by Crippen LogP contribution is -2.43. The van der Waals surface area contributed by atoms with Crippen LogP contribution in [0.2, 0.25) is 0 Å². The van der Waals surface area contributed by atoms with Crippen LogP contribution in [0.3, 0.4) is 0 Å². The lowest BCUT2D eigenvalue weighted by Gasteiger charge is -2.43. The summed E-state index contributed by atoms with van der Waals surface area (Å²) in [6.45, 7) is 0.804. The predicted octanol–water partition coefficient (Wildman–Crippen LogP) is 4.33. The number of hydrogen-bond acceptors (Lipinski definition) is 3. The van der Waals surface area contributed by atoms with E-state index in [-0.39, 0.29) is 12.1 Å². The van der Waals surface area contributed by atoms with Gasteiger partial charge in [-0.1, -0.05) is 30.3 Å². The summed E-state index contributed by atoms with van der Waals surface area (Å²) in [7, 11) is 0. The van der Waals surface area contributed by atoms with Gasteiger partial charge in [-0.25, -0.2) is 0 Å². The monoisotopic (exact) mass is 335 g/mol. The third kappa shape index (κ3) is 2.65. The molecule has 0 aromatic heterocycles. The molecule has 2 aromatic rings. The molecule has 1 saturated heterocycles. The molecule has 0 saturated carbocycles. The van der Waals surface area contributed by atoms with E-state index in [0.29, 0.717) is 24.5 Å². The fourth-order valence-corrected chi connectivity index (χ4v) is 3.37. The minimum absolute atomic E-state index is 0.166. The van der Waals surface area contributed by atoms with Gasteiger partial charge in [0, 0.05) is 11.3 Å². The Bertz CT molecular complexity index is 733. The number of benzene rings is 2. The molecule has 0 radical (unpaired) electrons. The van der Waals surface area contributed by atoms with E-state index in [1.165, 1.54) is 6.07 Å². The van der Waals surface area contributed by atoms with Gasteiger partial charge in [-0.2, -0.15) is 13.2 Å². The highest BCUT2D eigenvalue weighted by Gasteiger charge is 2.42. The van der Waals surface area contributed by atoms with E-state index >= 15 is 0 Å². The molecule has 126 valence electrons. The third-order valence-corrected chi connectivity index (χ3v) is 4.47. The van der Waals surface area contributed by atoms with Crippen molar-refractivity contribution in [1.82, 2.24) is 0 Å². The quantitative estimate of drug-likeness (QED) is 0.841. The van der Waals surface area contributed by atoms with Gasteiger partial charge in [0.15, 0.2) is 0 Å². The Morgan fingerprint density at radius 1 is 0.958 bits per heavy atom. The molecule has 0 amide bonds. The number of fused-ring (bicyclic) bond motifs is 3. The molecule has 1 unspecified atom stereocenters. The van der Waals surface area contributed by atoms with Crippen molar-refractivity contribution < 1.29 is 22.6 Å². The van der Waals surface area contributed by atoms with E-state index in [1.54, 1.807) is 0 Å². The number of ether oxygens (including phenoxy) is 2. The van der Waals surface area contributed by atoms with E-state index in [0.717, 1.165) is 17.7 Å². The van der Waals surface area contributed by atoms with E-state index in [4.69, 9.17) is 9.47 Å². The molecule has 0 bridgehead atoms. The van der Waals surface area contributed by atoms with Crippen LogP contribution in [0, 0.1) is 0 Å². The van der Waals surface area contributed by atoms with E-state index in [1.807, 2.05) is 30.3 Å². The van der Waals surface area contributed by atoms with Crippen LogP contribution in [0.5, 0.6) is 0 Å². The maximum Gasteiger partial charge on any atom is 0.416 e. The average Bonchev–Trinajstić information content (AvgIpc) is 2.60. The first kappa shape index (κ1) is 15.5. The van der Waals surface area contributed by atoms with Crippen molar-refractivity contribution >= 4 is 5.69 Å². The van der Waals surface area contributed by atoms with Crippen LogP contribution in [-0.2, 0) is 15.7 Å². The predicted molar refractivity (Wildman–Crippen MR) is 82.7 cm³/mol. The number of rotatable bonds is 1. The first-order valence-corrected chi connectivity index (χ1v) is 7.80. The molecule has 0 spiro atoms. The molecule has 2 heterocycles. The Hall–Kier alpha value is -2.05. The normalized spacial score (nSPS) is 26.2. The van der Waals surface area contributed by atoms with Crippen molar-refractivity contribution in [1.29, 1.82) is 0 Å². The number of halogens is 3. The Kier molecular flexibility index (Phi) is 3.73. The topological polar surface area (TPSA) is 30.5 Å². The largest absolute Gasteiger partial charge is 0.416 e. The van der Waals surface area contributed by atoms with Gasteiger partial charge < -0.3 is 14.8 Å². The zero-order chi connectivity index (χ0) is 16.7. The first-order valence-electron chi connectivity index (χ1n) is 7.80. The molecular weight excluding hydrogens is 319 g/mol. The number of hydrogen-bond donors (Lipinski definition) is 1. The zero-order valence-corrected chi connectivity index (χ0v) is 12.7. The van der Waals surface area contributed by atoms with Gasteiger partial charge in [0.05, 0.1) is 24.8 Å². The number of anilines is 1. The van der Waals surface area contributed by atoms with E-state index in [9.17, 15) is 13.2 Å². The van der Waals surface area contributed by atoms with Crippen molar-refractivity contribution in [3.05, 3.63) is 65.2 Å². The van der Waals surface area contributed by atoms with Crippen molar-refractivity contribution in [2.45, 2.75) is 24.4 Å².